The van der Waals surface area contributed by atoms with Gasteiger partial charge in [-0.25, -0.2) is 0 Å². The average molecular weight is 220 g/mol. The van der Waals surface area contributed by atoms with Gasteiger partial charge >= 0.3 is 0 Å². The summed E-state index contributed by atoms with van der Waals surface area (Å²) >= 11 is 0. The number of aliphatic hydroxyl groups excluding tert-OH is 1. The van der Waals surface area contributed by atoms with Gasteiger partial charge in [0.05, 0.1) is 25.0 Å². The number of rotatable bonds is 4. The fourth-order valence-corrected chi connectivity index (χ4v) is 1.38. The molecule has 1 unspecified atom stereocenters. The molecule has 0 spiro atoms. The van der Waals surface area contributed by atoms with Crippen LogP contribution in [0.1, 0.15) is 12.5 Å². The van der Waals surface area contributed by atoms with E-state index in [1.807, 2.05) is 18.9 Å². The summed E-state index contributed by atoms with van der Waals surface area (Å²) in [6.45, 7) is 1.93. The lowest BCUT2D eigenvalue weighted by Crippen LogP contribution is -2.32. The van der Waals surface area contributed by atoms with Gasteiger partial charge in [-0.2, -0.15) is 5.26 Å². The molecule has 0 saturated heterocycles. The fraction of sp³-hybridized carbons (Fsp3) is 0.417. The van der Waals surface area contributed by atoms with Crippen LogP contribution in [0.5, 0.6) is 5.75 Å². The van der Waals surface area contributed by atoms with Gasteiger partial charge in [0.15, 0.2) is 0 Å². The maximum Gasteiger partial charge on any atom is 0.121 e. The maximum atomic E-state index is 9.10. The summed E-state index contributed by atoms with van der Waals surface area (Å²) in [4.78, 5) is 1.86. The van der Waals surface area contributed by atoms with Crippen molar-refractivity contribution in [3.63, 3.8) is 0 Å². The van der Waals surface area contributed by atoms with Crippen molar-refractivity contribution in [1.29, 1.82) is 5.26 Å². The van der Waals surface area contributed by atoms with Crippen LogP contribution in [0.15, 0.2) is 18.2 Å². The minimum Gasteiger partial charge on any atom is -0.497 e. The Kier molecular flexibility index (Phi) is 4.15. The highest BCUT2D eigenvalue weighted by Gasteiger charge is 2.13. The van der Waals surface area contributed by atoms with Crippen LogP contribution in [0.4, 0.5) is 5.69 Å². The molecule has 0 aromatic heterocycles. The van der Waals surface area contributed by atoms with Crippen molar-refractivity contribution in [2.45, 2.75) is 13.0 Å². The summed E-state index contributed by atoms with van der Waals surface area (Å²) < 4.78 is 5.12. The van der Waals surface area contributed by atoms with E-state index >= 15 is 0 Å². The number of hydrogen-bond donors (Lipinski definition) is 1. The van der Waals surface area contributed by atoms with Crippen molar-refractivity contribution < 1.29 is 9.84 Å². The predicted octanol–water partition coefficient (Wildman–Crippen LogP) is 1.38. The molecule has 0 radical (unpaired) electrons. The van der Waals surface area contributed by atoms with Crippen LogP contribution in [-0.2, 0) is 0 Å². The third kappa shape index (κ3) is 2.44. The number of nitriles is 1. The molecule has 1 N–H and O–H groups in total. The van der Waals surface area contributed by atoms with Crippen LogP contribution >= 0.6 is 0 Å². The van der Waals surface area contributed by atoms with E-state index in [4.69, 9.17) is 15.1 Å². The Balaban J connectivity index is 3.14. The first-order chi connectivity index (χ1) is 7.63. The molecule has 0 aliphatic heterocycles. The van der Waals surface area contributed by atoms with Crippen LogP contribution in [0.3, 0.4) is 0 Å². The second kappa shape index (κ2) is 5.38. The normalized spacial score (nSPS) is 11.7. The van der Waals surface area contributed by atoms with E-state index in [2.05, 4.69) is 6.07 Å². The Morgan fingerprint density at radius 3 is 2.75 bits per heavy atom. The molecule has 0 amide bonds. The number of nitrogens with zero attached hydrogens (tertiary/aromatic N) is 2. The lowest BCUT2D eigenvalue weighted by atomic mass is 10.1. The molecule has 0 aliphatic carbocycles. The van der Waals surface area contributed by atoms with Crippen LogP contribution in [0.2, 0.25) is 0 Å². The van der Waals surface area contributed by atoms with E-state index in [0.717, 1.165) is 5.69 Å². The summed E-state index contributed by atoms with van der Waals surface area (Å²) in [6, 6.07) is 7.35. The van der Waals surface area contributed by atoms with Crippen molar-refractivity contribution >= 4 is 5.69 Å². The molecule has 4 heteroatoms. The number of anilines is 1. The van der Waals surface area contributed by atoms with Crippen LogP contribution in [0, 0.1) is 11.3 Å². The van der Waals surface area contributed by atoms with Crippen molar-refractivity contribution in [1.82, 2.24) is 0 Å². The topological polar surface area (TPSA) is 56.5 Å². The number of ether oxygens (including phenoxy) is 1. The monoisotopic (exact) mass is 220 g/mol. The zero-order valence-corrected chi connectivity index (χ0v) is 9.77. The quantitative estimate of drug-likeness (QED) is 0.833. The lowest BCUT2D eigenvalue weighted by Gasteiger charge is -2.26. The molecular formula is C12H16N2O2. The molecule has 1 aromatic rings. The minimum atomic E-state index is -0.0424. The van der Waals surface area contributed by atoms with E-state index in [9.17, 15) is 0 Å². The first kappa shape index (κ1) is 12.3. The summed E-state index contributed by atoms with van der Waals surface area (Å²) in [5, 5.41) is 18.1. The highest BCUT2D eigenvalue weighted by Crippen LogP contribution is 2.25. The van der Waals surface area contributed by atoms with Crippen LogP contribution in [0.25, 0.3) is 0 Å². The van der Waals surface area contributed by atoms with E-state index in [-0.39, 0.29) is 12.6 Å². The van der Waals surface area contributed by atoms with Gasteiger partial charge in [0.1, 0.15) is 11.8 Å². The van der Waals surface area contributed by atoms with Crippen LogP contribution in [-0.4, -0.2) is 31.9 Å². The largest absolute Gasteiger partial charge is 0.497 e. The Bertz CT molecular complexity index is 398. The van der Waals surface area contributed by atoms with E-state index in [1.54, 1.807) is 25.3 Å². The van der Waals surface area contributed by atoms with E-state index in [1.165, 1.54) is 0 Å². The molecule has 4 nitrogen and oxygen atoms in total. The van der Waals surface area contributed by atoms with E-state index < -0.39 is 0 Å². The van der Waals surface area contributed by atoms with Gasteiger partial charge in [0.25, 0.3) is 0 Å². The first-order valence-electron chi connectivity index (χ1n) is 5.05. The van der Waals surface area contributed by atoms with Crippen molar-refractivity contribution in [2.75, 3.05) is 25.7 Å². The van der Waals surface area contributed by atoms with Gasteiger partial charge in [0, 0.05) is 19.2 Å². The highest BCUT2D eigenvalue weighted by molar-refractivity contribution is 5.62. The Morgan fingerprint density at radius 1 is 1.56 bits per heavy atom. The Morgan fingerprint density at radius 2 is 2.25 bits per heavy atom. The zero-order chi connectivity index (χ0) is 12.1. The number of methoxy groups -OCH3 is 1. The lowest BCUT2D eigenvalue weighted by molar-refractivity contribution is 0.270. The zero-order valence-electron chi connectivity index (χ0n) is 9.77. The molecular weight excluding hydrogens is 204 g/mol. The molecule has 16 heavy (non-hydrogen) atoms. The van der Waals surface area contributed by atoms with Gasteiger partial charge in [-0.1, -0.05) is 0 Å². The van der Waals surface area contributed by atoms with Gasteiger partial charge in [-0.05, 0) is 19.1 Å². The third-order valence-electron chi connectivity index (χ3n) is 2.63. The molecule has 1 aromatic carbocycles. The molecule has 1 atom stereocenters. The predicted molar refractivity (Wildman–Crippen MR) is 62.7 cm³/mol. The summed E-state index contributed by atoms with van der Waals surface area (Å²) in [5.74, 6) is 0.700. The summed E-state index contributed by atoms with van der Waals surface area (Å²) in [6.07, 6.45) is 0. The second-order valence-corrected chi connectivity index (χ2v) is 3.64. The molecule has 0 aliphatic rings. The highest BCUT2D eigenvalue weighted by atomic mass is 16.5. The molecule has 0 bridgehead atoms. The SMILES string of the molecule is COc1ccc(C#N)c(N(C)C(C)CO)c1. The number of benzene rings is 1. The molecule has 0 saturated carbocycles. The van der Waals surface area contributed by atoms with Gasteiger partial charge < -0.3 is 14.7 Å². The second-order valence-electron chi connectivity index (χ2n) is 3.64. The fourth-order valence-electron chi connectivity index (χ4n) is 1.38. The summed E-state index contributed by atoms with van der Waals surface area (Å²) in [5.41, 5.74) is 1.34. The average Bonchev–Trinajstić information content (AvgIpc) is 2.35. The van der Waals surface area contributed by atoms with Gasteiger partial charge in [-0.15, -0.1) is 0 Å². The van der Waals surface area contributed by atoms with Crippen LogP contribution < -0.4 is 9.64 Å². The standard InChI is InChI=1S/C12H16N2O2/c1-9(8-15)14(2)12-6-11(16-3)5-4-10(12)7-13/h4-6,9,15H,8H2,1-3H3. The third-order valence-corrected chi connectivity index (χ3v) is 2.63. The number of hydrogen-bond acceptors (Lipinski definition) is 4. The van der Waals surface area contributed by atoms with Crippen molar-refractivity contribution in [2.24, 2.45) is 0 Å². The van der Waals surface area contributed by atoms with Gasteiger partial charge in [0.2, 0.25) is 0 Å². The first-order valence-corrected chi connectivity index (χ1v) is 5.05. The minimum absolute atomic E-state index is 0.0403. The molecule has 86 valence electrons. The van der Waals surface area contributed by atoms with E-state index in [0.29, 0.717) is 11.3 Å². The molecule has 1 rings (SSSR count). The van der Waals surface area contributed by atoms with Gasteiger partial charge in [-0.3, -0.25) is 0 Å². The Labute approximate surface area is 95.7 Å². The maximum absolute atomic E-state index is 9.10. The number of likely N-dealkylation sites (N-methyl/N-ethyl adjacent to an activating group) is 1. The molecule has 0 heterocycles. The smallest absolute Gasteiger partial charge is 0.121 e. The summed E-state index contributed by atoms with van der Waals surface area (Å²) in [7, 11) is 3.43. The molecule has 0 fully saturated rings. The van der Waals surface area contributed by atoms with Crippen molar-refractivity contribution in [3.8, 4) is 11.8 Å². The van der Waals surface area contributed by atoms with Crippen molar-refractivity contribution in [3.05, 3.63) is 23.8 Å². The Hall–Kier alpha value is -1.73. The number of aliphatic hydroxyl groups is 1.